The number of rotatable bonds is 6. The second-order valence-electron chi connectivity index (χ2n) is 5.58. The van der Waals surface area contributed by atoms with E-state index in [0.29, 0.717) is 0 Å². The second-order valence-corrected chi connectivity index (χ2v) is 5.58. The van der Waals surface area contributed by atoms with Crippen molar-refractivity contribution in [1.29, 1.82) is 0 Å². The van der Waals surface area contributed by atoms with Gasteiger partial charge in [0, 0.05) is 0 Å². The summed E-state index contributed by atoms with van der Waals surface area (Å²) < 4.78 is 27.5. The van der Waals surface area contributed by atoms with Crippen molar-refractivity contribution in [2.45, 2.75) is 0 Å². The molecular weight excluding hydrogens is 384 g/mol. The minimum absolute atomic E-state index is 0.839. The van der Waals surface area contributed by atoms with E-state index in [4.69, 9.17) is 0 Å². The molecule has 28 heavy (non-hydrogen) atoms. The lowest BCUT2D eigenvalue weighted by atomic mass is 9.37. The van der Waals surface area contributed by atoms with E-state index in [2.05, 4.69) is 28.4 Å². The van der Waals surface area contributed by atoms with Crippen molar-refractivity contribution in [3.8, 4) is 0 Å². The minimum Gasteiger partial charge on any atom is -0.469 e. The van der Waals surface area contributed by atoms with Crippen LogP contribution in [-0.4, -0.2) is 78.5 Å². The zero-order valence-electron chi connectivity index (χ0n) is 16.1. The summed E-state index contributed by atoms with van der Waals surface area (Å²) in [5.41, 5.74) is -5.91. The van der Waals surface area contributed by atoms with Crippen LogP contribution in [0.5, 0.6) is 0 Å². The molecule has 2 unspecified atom stereocenters. The minimum atomic E-state index is -2.96. The molecule has 1 fully saturated rings. The number of carbonyl (C=O) groups excluding carboxylic acids is 6. The summed E-state index contributed by atoms with van der Waals surface area (Å²) in [6.07, 6.45) is 0. The van der Waals surface area contributed by atoms with Crippen LogP contribution in [0.15, 0.2) is 0 Å². The Hall–Kier alpha value is -3.18. The summed E-state index contributed by atoms with van der Waals surface area (Å²) in [5.74, 6) is -12.6. The van der Waals surface area contributed by atoms with E-state index in [0.717, 1.165) is 42.7 Å². The van der Waals surface area contributed by atoms with Crippen LogP contribution in [0.2, 0.25) is 0 Å². The highest BCUT2D eigenvalue weighted by atomic mass is 16.6. The molecule has 0 saturated heterocycles. The Morgan fingerprint density at radius 2 is 0.679 bits per heavy atom. The van der Waals surface area contributed by atoms with Crippen molar-refractivity contribution in [3.63, 3.8) is 0 Å². The Balaban J connectivity index is 4.14. The van der Waals surface area contributed by atoms with Gasteiger partial charge >= 0.3 is 35.8 Å². The van der Waals surface area contributed by atoms with Crippen LogP contribution < -0.4 is 0 Å². The van der Waals surface area contributed by atoms with Gasteiger partial charge in [0.15, 0.2) is 0 Å². The molecular formula is C16H20O12. The summed E-state index contributed by atoms with van der Waals surface area (Å²) in [5, 5.41) is 0. The first-order valence-corrected chi connectivity index (χ1v) is 7.64. The van der Waals surface area contributed by atoms with E-state index in [1.807, 2.05) is 0 Å². The van der Waals surface area contributed by atoms with Crippen LogP contribution in [0.3, 0.4) is 0 Å². The molecule has 12 nitrogen and oxygen atoms in total. The zero-order valence-corrected chi connectivity index (χ0v) is 16.1. The summed E-state index contributed by atoms with van der Waals surface area (Å²) in [6.45, 7) is 0. The van der Waals surface area contributed by atoms with Gasteiger partial charge < -0.3 is 28.4 Å². The SMILES string of the molecule is COC(=O)C1C(C(=O)OC)C(C(=O)OC)(C(=O)OC)C1(C(=O)OC)C(=O)OC. The summed E-state index contributed by atoms with van der Waals surface area (Å²) in [7, 11) is 5.18. The first kappa shape index (κ1) is 22.9. The monoisotopic (exact) mass is 404 g/mol. The molecule has 0 aromatic heterocycles. The Labute approximate surface area is 159 Å². The van der Waals surface area contributed by atoms with Gasteiger partial charge in [0.2, 0.25) is 10.8 Å². The van der Waals surface area contributed by atoms with Gasteiger partial charge in [0.25, 0.3) is 0 Å². The first-order valence-electron chi connectivity index (χ1n) is 7.64. The van der Waals surface area contributed by atoms with Gasteiger partial charge in [-0.1, -0.05) is 0 Å². The van der Waals surface area contributed by atoms with Gasteiger partial charge in [-0.3, -0.25) is 28.8 Å². The van der Waals surface area contributed by atoms with Crippen molar-refractivity contribution in [2.75, 3.05) is 42.7 Å². The molecule has 1 aliphatic carbocycles. The molecule has 0 radical (unpaired) electrons. The van der Waals surface area contributed by atoms with Crippen LogP contribution in [0.25, 0.3) is 0 Å². The molecule has 0 aromatic carbocycles. The molecule has 0 spiro atoms. The lowest BCUT2D eigenvalue weighted by molar-refractivity contribution is -0.251. The number of carbonyl (C=O) groups is 6. The van der Waals surface area contributed by atoms with Crippen LogP contribution in [0.1, 0.15) is 0 Å². The highest BCUT2D eigenvalue weighted by Gasteiger charge is 2.92. The maximum Gasteiger partial charge on any atom is 0.326 e. The van der Waals surface area contributed by atoms with Crippen molar-refractivity contribution in [1.82, 2.24) is 0 Å². The van der Waals surface area contributed by atoms with Crippen molar-refractivity contribution in [2.24, 2.45) is 22.7 Å². The maximum absolute atomic E-state index is 12.8. The number of methoxy groups -OCH3 is 6. The first-order chi connectivity index (χ1) is 13.1. The van der Waals surface area contributed by atoms with E-state index >= 15 is 0 Å². The third-order valence-electron chi connectivity index (χ3n) is 4.83. The smallest absolute Gasteiger partial charge is 0.326 e. The Morgan fingerprint density at radius 3 is 0.821 bits per heavy atom. The van der Waals surface area contributed by atoms with Crippen molar-refractivity contribution in [3.05, 3.63) is 0 Å². The van der Waals surface area contributed by atoms with Crippen molar-refractivity contribution < 1.29 is 57.2 Å². The fourth-order valence-electron chi connectivity index (χ4n) is 3.74. The zero-order chi connectivity index (χ0) is 21.9. The topological polar surface area (TPSA) is 158 Å². The summed E-state index contributed by atoms with van der Waals surface area (Å²) in [6, 6.07) is 0. The molecule has 156 valence electrons. The molecule has 0 aromatic rings. The van der Waals surface area contributed by atoms with Gasteiger partial charge in [-0.05, 0) is 0 Å². The van der Waals surface area contributed by atoms with Crippen LogP contribution in [0, 0.1) is 22.7 Å². The molecule has 2 atom stereocenters. The third-order valence-corrected chi connectivity index (χ3v) is 4.83. The average molecular weight is 404 g/mol. The molecule has 1 rings (SSSR count). The second kappa shape index (κ2) is 8.23. The van der Waals surface area contributed by atoms with E-state index in [-0.39, 0.29) is 0 Å². The largest absolute Gasteiger partial charge is 0.469 e. The van der Waals surface area contributed by atoms with Gasteiger partial charge in [0.05, 0.1) is 42.7 Å². The fraction of sp³-hybridized carbons (Fsp3) is 0.625. The third kappa shape index (κ3) is 2.51. The number of esters is 6. The van der Waals surface area contributed by atoms with E-state index in [1.54, 1.807) is 0 Å². The van der Waals surface area contributed by atoms with Crippen LogP contribution in [0.4, 0.5) is 0 Å². The standard InChI is InChI=1S/C16H20O12/c1-23-9(17)7-8(10(18)24-2)16(13(21)27-5,14(22)28-6)15(7,11(19)25-3)12(20)26-4/h7-8H,1-6H3. The maximum atomic E-state index is 12.8. The lowest BCUT2D eigenvalue weighted by Gasteiger charge is -2.57. The highest BCUT2D eigenvalue weighted by Crippen LogP contribution is 2.67. The molecule has 0 aliphatic heterocycles. The fourth-order valence-corrected chi connectivity index (χ4v) is 3.74. The number of hydrogen-bond acceptors (Lipinski definition) is 12. The molecule has 12 heteroatoms. The van der Waals surface area contributed by atoms with Crippen LogP contribution >= 0.6 is 0 Å². The van der Waals surface area contributed by atoms with Gasteiger partial charge in [-0.2, -0.15) is 0 Å². The van der Waals surface area contributed by atoms with E-state index in [9.17, 15) is 28.8 Å². The van der Waals surface area contributed by atoms with Gasteiger partial charge in [0.1, 0.15) is 11.8 Å². The van der Waals surface area contributed by atoms with E-state index < -0.39 is 58.5 Å². The average Bonchev–Trinajstić information content (AvgIpc) is 2.71. The predicted octanol–water partition coefficient (Wildman–Crippen LogP) is -1.76. The Kier molecular flexibility index (Phi) is 6.72. The van der Waals surface area contributed by atoms with Gasteiger partial charge in [-0.25, -0.2) is 0 Å². The number of ether oxygens (including phenoxy) is 6. The van der Waals surface area contributed by atoms with Gasteiger partial charge in [-0.15, -0.1) is 0 Å². The molecule has 0 N–H and O–H groups in total. The quantitative estimate of drug-likeness (QED) is 0.279. The molecule has 1 saturated carbocycles. The molecule has 0 heterocycles. The normalized spacial score (nSPS) is 21.2. The predicted molar refractivity (Wildman–Crippen MR) is 83.9 cm³/mol. The summed E-state index contributed by atoms with van der Waals surface area (Å²) in [4.78, 5) is 75.9. The van der Waals surface area contributed by atoms with E-state index in [1.165, 1.54) is 0 Å². The Bertz CT molecular complexity index is 616. The summed E-state index contributed by atoms with van der Waals surface area (Å²) >= 11 is 0. The number of hydrogen-bond donors (Lipinski definition) is 0. The van der Waals surface area contributed by atoms with Crippen molar-refractivity contribution >= 4 is 35.8 Å². The molecule has 0 amide bonds. The Morgan fingerprint density at radius 1 is 0.464 bits per heavy atom. The highest BCUT2D eigenvalue weighted by molar-refractivity contribution is 6.22. The van der Waals surface area contributed by atoms with Crippen LogP contribution in [-0.2, 0) is 57.2 Å². The lowest BCUT2D eigenvalue weighted by Crippen LogP contribution is -2.81. The molecule has 0 bridgehead atoms. The molecule has 1 aliphatic rings.